The van der Waals surface area contributed by atoms with E-state index in [-0.39, 0.29) is 37.9 Å². The van der Waals surface area contributed by atoms with E-state index >= 15 is 4.79 Å². The molecule has 0 saturated heterocycles. The molecule has 0 atom stereocenters. The van der Waals surface area contributed by atoms with Gasteiger partial charge in [0.25, 0.3) is 0 Å². The van der Waals surface area contributed by atoms with Gasteiger partial charge in [-0.05, 0) is 326 Å². The van der Waals surface area contributed by atoms with Gasteiger partial charge in [-0.2, -0.15) is 0 Å². The first-order valence-electron chi connectivity index (χ1n) is 29.0. The van der Waals surface area contributed by atoms with Crippen molar-refractivity contribution in [3.63, 3.8) is 0 Å². The maximum Gasteiger partial charge on any atom is 0.309 e. The van der Waals surface area contributed by atoms with Gasteiger partial charge in [0.1, 0.15) is 0 Å². The summed E-state index contributed by atoms with van der Waals surface area (Å²) in [6.45, 7) is 4.10. The first-order valence-corrected chi connectivity index (χ1v) is 29.0. The average molecular weight is 993 g/mol. The molecule has 5 aliphatic rings. The summed E-state index contributed by atoms with van der Waals surface area (Å²) in [5, 5.41) is 93.9. The van der Waals surface area contributed by atoms with Gasteiger partial charge in [0, 0.05) is 16.2 Å². The topological polar surface area (TPSA) is 89.9 Å². The first kappa shape index (κ1) is 32.6. The quantitative estimate of drug-likeness (QED) is 0.120. The summed E-state index contributed by atoms with van der Waals surface area (Å²) < 4.78 is 12.4. The highest BCUT2D eigenvalue weighted by molar-refractivity contribution is 6.82. The van der Waals surface area contributed by atoms with Crippen LogP contribution in [0.4, 0.5) is 0 Å². The number of rotatable bonds is 8. The van der Waals surface area contributed by atoms with Crippen LogP contribution in [0.25, 0.3) is 291 Å². The van der Waals surface area contributed by atoms with Gasteiger partial charge in [-0.1, -0.05) is 13.8 Å². The van der Waals surface area contributed by atoms with Crippen molar-refractivity contribution < 1.29 is 29.0 Å². The Labute approximate surface area is 432 Å². The van der Waals surface area contributed by atoms with E-state index in [0.717, 1.165) is 0 Å². The van der Waals surface area contributed by atoms with E-state index in [1.54, 1.807) is 313 Å². The lowest BCUT2D eigenvalue weighted by atomic mass is 9.50. The molecule has 6 nitrogen and oxygen atoms in total. The van der Waals surface area contributed by atoms with Crippen molar-refractivity contribution in [3.8, 4) is 0 Å². The number of ether oxygens (including phenoxy) is 2. The Bertz CT molecular complexity index is 7000. The first-order chi connectivity index (χ1) is 38.7. The molecule has 0 radical (unpaired) electrons. The molecule has 0 unspecified atom stereocenters. The fourth-order valence-corrected chi connectivity index (χ4v) is 26.3. The molecule has 28 aromatic carbocycles. The number of aliphatic carboxylic acids is 1. The number of carboxylic acids is 1. The van der Waals surface area contributed by atoms with Gasteiger partial charge >= 0.3 is 17.9 Å². The molecular formula is C73H20O6. The summed E-state index contributed by atoms with van der Waals surface area (Å²) in [7, 11) is 0. The van der Waals surface area contributed by atoms with E-state index in [9.17, 15) is 14.7 Å². The standard InChI is InChI=1S/C73H20O6/c1-71(2,7-78-11(76)4-3-10(74)75)8-79-70(77)9-5-72-66-58-50-40-30-22-14-12-13-16-20-18(14)26-34-28(20)38-32-24(16)25-17(13)21-19-15(12)23(22)31-37-27(19)35-29(21)39-33(25)43-42(32)52-46(38)56-48(34)54(44(50)36(26)30)62(66)64(56)68-60(52)61-53(43)47(39)57-49(35)55-45(37)51(41(31)40)59(58)67(72)63(55)65(57)69(61)73(68,72)6-9/h9H,3-8H2,1-2H3,(H,74,75). The Morgan fingerprint density at radius 1 is 0.329 bits per heavy atom. The highest BCUT2D eigenvalue weighted by atomic mass is 16.5. The van der Waals surface area contributed by atoms with Crippen molar-refractivity contribution in [1.82, 2.24) is 0 Å². The van der Waals surface area contributed by atoms with Gasteiger partial charge in [-0.25, -0.2) is 0 Å². The Hall–Kier alpha value is -9.13. The Balaban J connectivity index is 0.905. The largest absolute Gasteiger partial charge is 0.481 e. The number of carbonyl (C=O) groups excluding carboxylic acids is 2. The Kier molecular flexibility index (Phi) is 3.18. The van der Waals surface area contributed by atoms with Crippen molar-refractivity contribution in [1.29, 1.82) is 0 Å². The van der Waals surface area contributed by atoms with Gasteiger partial charge in [-0.3, -0.25) is 14.4 Å². The maximum absolute atomic E-state index is 15.9. The lowest BCUT2D eigenvalue weighted by Gasteiger charge is -2.50. The second-order valence-corrected chi connectivity index (χ2v) is 29.0. The van der Waals surface area contributed by atoms with E-state index in [0.29, 0.717) is 12.8 Å². The molecule has 0 bridgehead atoms. The SMILES string of the molecule is CC(C)(COC(=O)CCC(=O)O)COC(=O)C1CC23c4c5c6c7c8c9c(c%10c%11c2c2c4c4c%12c5c5c6c6c8c8c%13c9c9c%10c%10c%11c%11c2c2c4c4c%12c%12c5c5c6c8c6c8c%13c9c9c%10c%10c%11c2c2c4c4c%12c5c6c5c8c9c%10c2c45)C73C1. The molecule has 0 heterocycles. The highest BCUT2D eigenvalue weighted by Gasteiger charge is 2.73. The number of esters is 2. The average Bonchev–Trinajstić information content (AvgIpc) is 1.47. The number of hydrogen-bond donors (Lipinski definition) is 1. The van der Waals surface area contributed by atoms with Crippen molar-refractivity contribution in [2.75, 3.05) is 13.2 Å². The van der Waals surface area contributed by atoms with Crippen LogP contribution in [-0.4, -0.2) is 36.2 Å². The van der Waals surface area contributed by atoms with E-state index < -0.39 is 28.2 Å². The van der Waals surface area contributed by atoms with Crippen molar-refractivity contribution in [2.45, 2.75) is 50.4 Å². The molecular weight excluding hydrogens is 973 g/mol. The zero-order valence-electron chi connectivity index (χ0n) is 41.3. The molecule has 2 spiro atoms. The maximum atomic E-state index is 15.9. The molecule has 0 aromatic heterocycles. The zero-order chi connectivity index (χ0) is 49.0. The molecule has 0 amide bonds. The second kappa shape index (κ2) is 7.71. The van der Waals surface area contributed by atoms with Crippen LogP contribution in [0, 0.1) is 11.3 Å². The monoisotopic (exact) mass is 992 g/mol. The number of hydrogen-bond acceptors (Lipinski definition) is 5. The van der Waals surface area contributed by atoms with Gasteiger partial charge in [0.15, 0.2) is 0 Å². The minimum atomic E-state index is -1.03. The fraction of sp³-hybridized carbons (Fsp3) is 0.164. The minimum Gasteiger partial charge on any atom is -0.481 e. The van der Waals surface area contributed by atoms with Gasteiger partial charge < -0.3 is 14.6 Å². The second-order valence-electron chi connectivity index (χ2n) is 29.0. The van der Waals surface area contributed by atoms with Crippen molar-refractivity contribution in [3.05, 3.63) is 22.3 Å². The molecule has 6 heteroatoms. The van der Waals surface area contributed by atoms with Gasteiger partial charge in [0.05, 0.1) is 32.0 Å². The third-order valence-electron chi connectivity index (χ3n) is 26.9. The predicted octanol–water partition coefficient (Wildman–Crippen LogP) is 17.7. The smallest absolute Gasteiger partial charge is 0.309 e. The molecule has 28 aromatic rings. The van der Waals surface area contributed by atoms with Crippen LogP contribution in [0.3, 0.4) is 0 Å². The molecule has 1 N–H and O–H groups in total. The molecule has 0 aliphatic heterocycles. The third kappa shape index (κ3) is 1.98. The van der Waals surface area contributed by atoms with Crippen LogP contribution in [0.15, 0.2) is 0 Å². The highest BCUT2D eigenvalue weighted by Crippen LogP contribution is 2.87. The van der Waals surface area contributed by atoms with E-state index in [4.69, 9.17) is 9.47 Å². The Morgan fingerprint density at radius 3 is 0.722 bits per heavy atom. The van der Waals surface area contributed by atoms with Crippen LogP contribution < -0.4 is 0 Å². The minimum absolute atomic E-state index is 0.0404. The van der Waals surface area contributed by atoms with Gasteiger partial charge in [-0.15, -0.1) is 0 Å². The number of carboxylic acid groups (broad SMARTS) is 1. The summed E-state index contributed by atoms with van der Waals surface area (Å²) in [6.07, 6.45) is 0.942. The van der Waals surface area contributed by atoms with E-state index in [1.165, 1.54) is 0 Å². The lowest BCUT2D eigenvalue weighted by molar-refractivity contribution is -0.156. The van der Waals surface area contributed by atoms with Crippen LogP contribution in [0.1, 0.15) is 61.8 Å². The van der Waals surface area contributed by atoms with Crippen LogP contribution in [0.5, 0.6) is 0 Å². The van der Waals surface area contributed by atoms with Crippen LogP contribution >= 0.6 is 0 Å². The molecule has 5 aliphatic carbocycles. The molecule has 33 rings (SSSR count). The molecule has 1 fully saturated rings. The molecule has 348 valence electrons. The predicted molar refractivity (Wildman–Crippen MR) is 319 cm³/mol. The Morgan fingerprint density at radius 2 is 0.519 bits per heavy atom. The van der Waals surface area contributed by atoms with E-state index in [2.05, 4.69) is 0 Å². The third-order valence-corrected chi connectivity index (χ3v) is 26.9. The summed E-state index contributed by atoms with van der Waals surface area (Å²) in [5.41, 5.74) is 4.62. The number of benzene rings is 18. The zero-order valence-corrected chi connectivity index (χ0v) is 41.3. The fourth-order valence-electron chi connectivity index (χ4n) is 26.3. The van der Waals surface area contributed by atoms with Crippen LogP contribution in [-0.2, 0) is 34.7 Å². The molecule has 1 saturated carbocycles. The van der Waals surface area contributed by atoms with Gasteiger partial charge in [0.2, 0.25) is 0 Å². The van der Waals surface area contributed by atoms with Crippen molar-refractivity contribution >= 4 is 309 Å². The lowest BCUT2D eigenvalue weighted by Crippen LogP contribution is -2.47. The summed E-state index contributed by atoms with van der Waals surface area (Å²) in [6, 6.07) is 0. The van der Waals surface area contributed by atoms with Crippen LogP contribution in [0.2, 0.25) is 0 Å². The summed E-state index contributed by atoms with van der Waals surface area (Å²) in [4.78, 5) is 39.9. The normalized spacial score (nSPS) is 22.3. The summed E-state index contributed by atoms with van der Waals surface area (Å²) in [5.74, 6) is -2.09. The van der Waals surface area contributed by atoms with E-state index in [1.807, 2.05) is 13.8 Å². The van der Waals surface area contributed by atoms with Crippen molar-refractivity contribution in [2.24, 2.45) is 11.3 Å². The summed E-state index contributed by atoms with van der Waals surface area (Å²) >= 11 is 0. The molecule has 79 heavy (non-hydrogen) atoms. The number of carbonyl (C=O) groups is 3.